The number of aromatic amines is 1. The fourth-order valence-electron chi connectivity index (χ4n) is 1.90. The number of halogens is 1. The second kappa shape index (κ2) is 4.32. The smallest absolute Gasteiger partial charge is 0.248 e. The van der Waals surface area contributed by atoms with Gasteiger partial charge in [0.05, 0.1) is 0 Å². The van der Waals surface area contributed by atoms with Crippen LogP contribution in [-0.2, 0) is 9.05 Å². The summed E-state index contributed by atoms with van der Waals surface area (Å²) in [6.45, 7) is 0. The van der Waals surface area contributed by atoms with Gasteiger partial charge in [-0.25, -0.2) is 13.5 Å². The van der Waals surface area contributed by atoms with Gasteiger partial charge in [0.15, 0.2) is 5.82 Å². The van der Waals surface area contributed by atoms with Crippen LogP contribution >= 0.6 is 10.7 Å². The number of H-pyrrole nitrogens is 1. The Kier molecular flexibility index (Phi) is 2.76. The van der Waals surface area contributed by atoms with Crippen LogP contribution in [0.2, 0.25) is 0 Å². The van der Waals surface area contributed by atoms with E-state index in [1.165, 1.54) is 0 Å². The lowest BCUT2D eigenvalue weighted by molar-refractivity contribution is 0.602. The maximum Gasteiger partial charge on any atom is 0.296 e. The van der Waals surface area contributed by atoms with E-state index >= 15 is 0 Å². The lowest BCUT2D eigenvalue weighted by atomic mass is 10.0. The zero-order valence-corrected chi connectivity index (χ0v) is 11.1. The first kappa shape index (κ1) is 12.1. The van der Waals surface area contributed by atoms with Gasteiger partial charge in [-0.3, -0.25) is 0 Å². The van der Waals surface area contributed by atoms with E-state index in [-0.39, 0.29) is 5.16 Å². The largest absolute Gasteiger partial charge is 0.296 e. The van der Waals surface area contributed by atoms with E-state index in [4.69, 9.17) is 10.7 Å². The molecule has 0 spiro atoms. The van der Waals surface area contributed by atoms with Crippen molar-refractivity contribution in [1.82, 2.24) is 15.2 Å². The van der Waals surface area contributed by atoms with Gasteiger partial charge >= 0.3 is 0 Å². The van der Waals surface area contributed by atoms with E-state index < -0.39 is 9.05 Å². The molecule has 0 radical (unpaired) electrons. The molecule has 3 aromatic rings. The van der Waals surface area contributed by atoms with E-state index in [9.17, 15) is 8.42 Å². The Morgan fingerprint density at radius 1 is 1.05 bits per heavy atom. The maximum absolute atomic E-state index is 11.2. The average molecular weight is 294 g/mol. The van der Waals surface area contributed by atoms with Gasteiger partial charge in [0.2, 0.25) is 0 Å². The van der Waals surface area contributed by atoms with E-state index in [0.29, 0.717) is 5.82 Å². The molecule has 0 unspecified atom stereocenters. The standard InChI is InChI=1S/C12H8ClN3O2S/c13-19(17,18)12-14-11(15-16-12)10-7-3-5-8-4-1-2-6-9(8)10/h1-7H,(H,14,15,16). The Hall–Kier alpha value is -1.92. The summed E-state index contributed by atoms with van der Waals surface area (Å²) in [5.41, 5.74) is 0.751. The first-order valence-corrected chi connectivity index (χ1v) is 7.72. The molecular weight excluding hydrogens is 286 g/mol. The first-order chi connectivity index (χ1) is 9.05. The van der Waals surface area contributed by atoms with Crippen LogP contribution < -0.4 is 0 Å². The molecule has 0 saturated heterocycles. The molecule has 96 valence electrons. The van der Waals surface area contributed by atoms with Crippen molar-refractivity contribution in [3.63, 3.8) is 0 Å². The molecule has 1 heterocycles. The van der Waals surface area contributed by atoms with Crippen LogP contribution in [0.5, 0.6) is 0 Å². The summed E-state index contributed by atoms with van der Waals surface area (Å²) in [6.07, 6.45) is 0. The molecule has 0 atom stereocenters. The number of hydrogen-bond acceptors (Lipinski definition) is 4. The van der Waals surface area contributed by atoms with Gasteiger partial charge < -0.3 is 0 Å². The molecule has 2 aromatic carbocycles. The number of nitrogens with one attached hydrogen (secondary N) is 1. The third-order valence-electron chi connectivity index (χ3n) is 2.73. The van der Waals surface area contributed by atoms with Gasteiger partial charge in [-0.05, 0) is 10.8 Å². The molecular formula is C12H8ClN3O2S. The van der Waals surface area contributed by atoms with Gasteiger partial charge in [0.1, 0.15) is 0 Å². The summed E-state index contributed by atoms with van der Waals surface area (Å²) in [5, 5.41) is 7.86. The number of fused-ring (bicyclic) bond motifs is 1. The quantitative estimate of drug-likeness (QED) is 0.737. The Morgan fingerprint density at radius 3 is 2.53 bits per heavy atom. The second-order valence-corrected chi connectivity index (χ2v) is 6.41. The van der Waals surface area contributed by atoms with Crippen LogP contribution in [0.15, 0.2) is 47.6 Å². The third-order valence-corrected chi connectivity index (χ3v) is 3.81. The Balaban J connectivity index is 2.23. The fraction of sp³-hybridized carbons (Fsp3) is 0. The zero-order valence-electron chi connectivity index (χ0n) is 9.54. The molecule has 0 aliphatic rings. The highest BCUT2D eigenvalue weighted by molar-refractivity contribution is 8.13. The Morgan fingerprint density at radius 2 is 1.79 bits per heavy atom. The minimum Gasteiger partial charge on any atom is -0.248 e. The number of hydrogen-bond donors (Lipinski definition) is 1. The summed E-state index contributed by atoms with van der Waals surface area (Å²) in [4.78, 5) is 3.92. The summed E-state index contributed by atoms with van der Waals surface area (Å²) in [7, 11) is 1.32. The molecule has 7 heteroatoms. The van der Waals surface area contributed by atoms with E-state index in [1.807, 2.05) is 42.5 Å². The van der Waals surface area contributed by atoms with Crippen LogP contribution in [0.3, 0.4) is 0 Å². The Bertz CT molecular complexity index is 853. The minimum absolute atomic E-state index is 0.302. The van der Waals surface area contributed by atoms with Crippen LogP contribution in [0.1, 0.15) is 0 Å². The van der Waals surface area contributed by atoms with Gasteiger partial charge in [-0.2, -0.15) is 10.1 Å². The van der Waals surface area contributed by atoms with E-state index in [2.05, 4.69) is 15.2 Å². The molecule has 19 heavy (non-hydrogen) atoms. The second-order valence-electron chi connectivity index (χ2n) is 3.93. The minimum atomic E-state index is -3.90. The van der Waals surface area contributed by atoms with Crippen LogP contribution in [-0.4, -0.2) is 23.6 Å². The summed E-state index contributed by atoms with van der Waals surface area (Å²) in [5.74, 6) is 0.302. The van der Waals surface area contributed by atoms with E-state index in [1.54, 1.807) is 0 Å². The van der Waals surface area contributed by atoms with Gasteiger partial charge in [0.25, 0.3) is 14.2 Å². The van der Waals surface area contributed by atoms with Crippen molar-refractivity contribution in [3.8, 4) is 11.4 Å². The van der Waals surface area contributed by atoms with Crippen LogP contribution in [0.25, 0.3) is 22.2 Å². The molecule has 0 bridgehead atoms. The highest BCUT2D eigenvalue weighted by Gasteiger charge is 2.17. The number of rotatable bonds is 2. The highest BCUT2D eigenvalue weighted by Crippen LogP contribution is 2.26. The highest BCUT2D eigenvalue weighted by atomic mass is 35.7. The predicted molar refractivity (Wildman–Crippen MR) is 72.4 cm³/mol. The normalized spacial score (nSPS) is 11.8. The number of aromatic nitrogens is 3. The lowest BCUT2D eigenvalue weighted by Crippen LogP contribution is -1.92. The first-order valence-electron chi connectivity index (χ1n) is 5.41. The molecule has 0 amide bonds. The van der Waals surface area contributed by atoms with Crippen molar-refractivity contribution in [3.05, 3.63) is 42.5 Å². The Labute approximate surface area is 113 Å². The van der Waals surface area contributed by atoms with E-state index in [0.717, 1.165) is 16.3 Å². The molecule has 5 nitrogen and oxygen atoms in total. The molecule has 0 aliphatic carbocycles. The fourth-order valence-corrected chi connectivity index (χ4v) is 2.45. The maximum atomic E-state index is 11.2. The summed E-state index contributed by atoms with van der Waals surface area (Å²) < 4.78 is 22.3. The average Bonchev–Trinajstić information content (AvgIpc) is 2.87. The molecule has 1 N–H and O–H groups in total. The molecule has 0 aliphatic heterocycles. The van der Waals surface area contributed by atoms with Crippen molar-refractivity contribution < 1.29 is 8.42 Å². The number of nitrogens with zero attached hydrogens (tertiary/aromatic N) is 2. The van der Waals surface area contributed by atoms with Gasteiger partial charge in [-0.15, -0.1) is 0 Å². The topological polar surface area (TPSA) is 75.7 Å². The lowest BCUT2D eigenvalue weighted by Gasteiger charge is -2.01. The molecule has 0 saturated carbocycles. The zero-order chi connectivity index (χ0) is 13.5. The van der Waals surface area contributed by atoms with Crippen LogP contribution in [0, 0.1) is 0 Å². The third kappa shape index (κ3) is 2.20. The SMILES string of the molecule is O=S(=O)(Cl)c1nc(-c2cccc3ccccc23)n[nH]1. The van der Waals surface area contributed by atoms with Gasteiger partial charge in [0, 0.05) is 16.2 Å². The monoisotopic (exact) mass is 293 g/mol. The van der Waals surface area contributed by atoms with Gasteiger partial charge in [-0.1, -0.05) is 42.5 Å². The van der Waals surface area contributed by atoms with Crippen LogP contribution in [0.4, 0.5) is 0 Å². The predicted octanol–water partition coefficient (Wildman–Crippen LogP) is 2.55. The van der Waals surface area contributed by atoms with Crippen molar-refractivity contribution >= 4 is 30.5 Å². The molecule has 0 fully saturated rings. The van der Waals surface area contributed by atoms with Crippen molar-refractivity contribution in [2.45, 2.75) is 5.16 Å². The van der Waals surface area contributed by atoms with Crippen molar-refractivity contribution in [2.24, 2.45) is 0 Å². The van der Waals surface area contributed by atoms with Crippen molar-refractivity contribution in [1.29, 1.82) is 0 Å². The summed E-state index contributed by atoms with van der Waals surface area (Å²) in [6, 6.07) is 13.4. The molecule has 1 aromatic heterocycles. The molecule has 3 rings (SSSR count). The van der Waals surface area contributed by atoms with Crippen molar-refractivity contribution in [2.75, 3.05) is 0 Å². The summed E-state index contributed by atoms with van der Waals surface area (Å²) >= 11 is 0. The number of benzene rings is 2.